The highest BCUT2D eigenvalue weighted by Crippen LogP contribution is 2.44. The van der Waals surface area contributed by atoms with Crippen LogP contribution in [0.3, 0.4) is 0 Å². The lowest BCUT2D eigenvalue weighted by molar-refractivity contribution is -0.105. The molecule has 0 fully saturated rings. The Morgan fingerprint density at radius 2 is 2.11 bits per heavy atom. The number of rotatable bonds is 5. The number of benzene rings is 1. The van der Waals surface area contributed by atoms with Crippen LogP contribution in [0.5, 0.6) is 5.75 Å². The van der Waals surface area contributed by atoms with E-state index >= 15 is 0 Å². The molecule has 1 aromatic carbocycles. The minimum absolute atomic E-state index is 0.298. The summed E-state index contributed by atoms with van der Waals surface area (Å²) in [5.74, 6) is 2.98. The number of nitrogens with one attached hydrogen (secondary N) is 2. The van der Waals surface area contributed by atoms with Crippen molar-refractivity contribution < 1.29 is 14.3 Å². The Hall–Kier alpha value is -2.97. The summed E-state index contributed by atoms with van der Waals surface area (Å²) in [4.78, 5) is 12.0. The van der Waals surface area contributed by atoms with E-state index in [4.69, 9.17) is 15.9 Å². The van der Waals surface area contributed by atoms with Crippen LogP contribution in [0.2, 0.25) is 0 Å². The molecule has 0 saturated carbocycles. The zero-order valence-electron chi connectivity index (χ0n) is 16.1. The molecular formula is C22H24N2O3. The van der Waals surface area contributed by atoms with Crippen molar-refractivity contribution >= 4 is 6.29 Å². The third kappa shape index (κ3) is 3.24. The van der Waals surface area contributed by atoms with Crippen LogP contribution in [0.15, 0.2) is 52.5 Å². The number of carbonyl (C=O) groups excluding carboxylic acids is 1. The minimum Gasteiger partial charge on any atom is -0.496 e. The monoisotopic (exact) mass is 364 g/mol. The predicted molar refractivity (Wildman–Crippen MR) is 105 cm³/mol. The van der Waals surface area contributed by atoms with Crippen molar-refractivity contribution in [2.24, 2.45) is 0 Å². The fraction of sp³-hybridized carbons (Fsp3) is 0.318. The maximum absolute atomic E-state index is 12.0. The molecule has 5 heteroatoms. The molecule has 2 heterocycles. The maximum atomic E-state index is 12.0. The molecule has 140 valence electrons. The molecule has 2 atom stereocenters. The van der Waals surface area contributed by atoms with E-state index in [1.54, 1.807) is 7.11 Å². The SMILES string of the molecule is C#Cc1ccc(C2C(C=O)=C(C)NC3=C2C(OCC)NC=C3C)c(OC)c1. The van der Waals surface area contributed by atoms with Crippen LogP contribution >= 0.6 is 0 Å². The molecule has 2 aliphatic rings. The predicted octanol–water partition coefficient (Wildman–Crippen LogP) is 2.96. The van der Waals surface area contributed by atoms with Crippen molar-refractivity contribution in [3.8, 4) is 18.1 Å². The number of aldehydes is 1. The van der Waals surface area contributed by atoms with E-state index in [9.17, 15) is 4.79 Å². The molecule has 0 aliphatic carbocycles. The van der Waals surface area contributed by atoms with Crippen LogP contribution in [0.4, 0.5) is 0 Å². The Kier molecular flexibility index (Phi) is 5.38. The largest absolute Gasteiger partial charge is 0.496 e. The van der Waals surface area contributed by atoms with E-state index in [0.717, 1.165) is 40.0 Å². The molecule has 0 saturated heterocycles. The van der Waals surface area contributed by atoms with Gasteiger partial charge in [0.15, 0.2) is 6.23 Å². The summed E-state index contributed by atoms with van der Waals surface area (Å²) in [7, 11) is 1.61. The van der Waals surface area contributed by atoms with E-state index in [2.05, 4.69) is 16.6 Å². The molecule has 5 nitrogen and oxygen atoms in total. The summed E-state index contributed by atoms with van der Waals surface area (Å²) < 4.78 is 11.6. The average Bonchev–Trinajstić information content (AvgIpc) is 2.69. The molecule has 0 spiro atoms. The van der Waals surface area contributed by atoms with Gasteiger partial charge in [0.25, 0.3) is 0 Å². The number of dihydropyridines is 2. The first-order valence-corrected chi connectivity index (χ1v) is 8.92. The van der Waals surface area contributed by atoms with E-state index < -0.39 is 0 Å². The fourth-order valence-electron chi connectivity index (χ4n) is 3.67. The lowest BCUT2D eigenvalue weighted by Gasteiger charge is -2.38. The van der Waals surface area contributed by atoms with Crippen LogP contribution in [0, 0.1) is 12.3 Å². The third-order valence-electron chi connectivity index (χ3n) is 4.96. The number of terminal acetylenes is 1. The Morgan fingerprint density at radius 3 is 2.74 bits per heavy atom. The van der Waals surface area contributed by atoms with Crippen molar-refractivity contribution in [1.29, 1.82) is 0 Å². The fourth-order valence-corrected chi connectivity index (χ4v) is 3.67. The highest BCUT2D eigenvalue weighted by atomic mass is 16.5. The van der Waals surface area contributed by atoms with Gasteiger partial charge in [-0.25, -0.2) is 0 Å². The quantitative estimate of drug-likeness (QED) is 0.621. The van der Waals surface area contributed by atoms with Gasteiger partial charge in [0, 0.05) is 52.4 Å². The van der Waals surface area contributed by atoms with Crippen LogP contribution in [-0.2, 0) is 9.53 Å². The van der Waals surface area contributed by atoms with Crippen molar-refractivity contribution in [3.63, 3.8) is 0 Å². The zero-order valence-corrected chi connectivity index (χ0v) is 16.1. The van der Waals surface area contributed by atoms with Gasteiger partial charge in [-0.15, -0.1) is 6.42 Å². The van der Waals surface area contributed by atoms with Gasteiger partial charge in [-0.3, -0.25) is 4.79 Å². The molecule has 3 rings (SSSR count). The summed E-state index contributed by atoms with van der Waals surface area (Å²) in [6, 6.07) is 5.62. The van der Waals surface area contributed by atoms with E-state index in [0.29, 0.717) is 17.9 Å². The van der Waals surface area contributed by atoms with Crippen LogP contribution in [0.25, 0.3) is 0 Å². The lowest BCUT2D eigenvalue weighted by Crippen LogP contribution is -2.42. The Balaban J connectivity index is 2.25. The second-order valence-corrected chi connectivity index (χ2v) is 6.52. The zero-order chi connectivity index (χ0) is 19.6. The highest BCUT2D eigenvalue weighted by molar-refractivity contribution is 5.81. The van der Waals surface area contributed by atoms with Crippen molar-refractivity contribution in [2.45, 2.75) is 32.9 Å². The van der Waals surface area contributed by atoms with Gasteiger partial charge in [0.2, 0.25) is 0 Å². The van der Waals surface area contributed by atoms with Gasteiger partial charge >= 0.3 is 0 Å². The van der Waals surface area contributed by atoms with E-state index in [1.807, 2.05) is 45.2 Å². The van der Waals surface area contributed by atoms with E-state index in [-0.39, 0.29) is 12.1 Å². The molecule has 0 radical (unpaired) electrons. The Morgan fingerprint density at radius 1 is 1.33 bits per heavy atom. The molecule has 27 heavy (non-hydrogen) atoms. The smallest absolute Gasteiger partial charge is 0.152 e. The molecule has 2 unspecified atom stereocenters. The first kappa shape index (κ1) is 18.8. The lowest BCUT2D eigenvalue weighted by atomic mass is 9.77. The number of hydrogen-bond donors (Lipinski definition) is 2. The topological polar surface area (TPSA) is 59.6 Å². The van der Waals surface area contributed by atoms with Gasteiger partial charge in [-0.2, -0.15) is 0 Å². The Labute approximate surface area is 160 Å². The molecular weight excluding hydrogens is 340 g/mol. The summed E-state index contributed by atoms with van der Waals surface area (Å²) in [5, 5.41) is 6.68. The normalized spacial score (nSPS) is 21.5. The van der Waals surface area contributed by atoms with Gasteiger partial charge in [0.1, 0.15) is 12.0 Å². The summed E-state index contributed by atoms with van der Waals surface area (Å²) in [5.41, 5.74) is 6.08. The Bertz CT molecular complexity index is 903. The molecule has 0 bridgehead atoms. The molecule has 0 aromatic heterocycles. The average molecular weight is 364 g/mol. The number of carbonyl (C=O) groups is 1. The van der Waals surface area contributed by atoms with Crippen molar-refractivity contribution in [2.75, 3.05) is 13.7 Å². The first-order chi connectivity index (χ1) is 13.0. The molecule has 0 amide bonds. The van der Waals surface area contributed by atoms with Crippen LogP contribution in [-0.4, -0.2) is 26.2 Å². The van der Waals surface area contributed by atoms with Crippen molar-refractivity contribution in [3.05, 3.63) is 63.6 Å². The van der Waals surface area contributed by atoms with E-state index in [1.165, 1.54) is 0 Å². The van der Waals surface area contributed by atoms with Gasteiger partial charge in [-0.05, 0) is 38.5 Å². The molecule has 1 aromatic rings. The molecule has 2 N–H and O–H groups in total. The van der Waals surface area contributed by atoms with Crippen molar-refractivity contribution in [1.82, 2.24) is 10.6 Å². The maximum Gasteiger partial charge on any atom is 0.152 e. The summed E-state index contributed by atoms with van der Waals surface area (Å²) >= 11 is 0. The van der Waals surface area contributed by atoms with Crippen LogP contribution in [0.1, 0.15) is 37.8 Å². The van der Waals surface area contributed by atoms with Crippen LogP contribution < -0.4 is 15.4 Å². The molecule has 2 aliphatic heterocycles. The van der Waals surface area contributed by atoms with Gasteiger partial charge in [-0.1, -0.05) is 12.0 Å². The number of ether oxygens (including phenoxy) is 2. The summed E-state index contributed by atoms with van der Waals surface area (Å²) in [6.07, 6.45) is 8.03. The number of methoxy groups -OCH3 is 1. The van der Waals surface area contributed by atoms with Gasteiger partial charge in [0.05, 0.1) is 7.11 Å². The first-order valence-electron chi connectivity index (χ1n) is 8.92. The summed E-state index contributed by atoms with van der Waals surface area (Å²) in [6.45, 7) is 6.42. The second kappa shape index (κ2) is 7.73. The second-order valence-electron chi connectivity index (χ2n) is 6.52. The minimum atomic E-state index is -0.341. The number of allylic oxidation sites excluding steroid dienone is 3. The standard InChI is InChI=1S/C22H24N2O3/c1-6-15-8-9-16(18(10-15)26-5)19-17(12-25)14(4)24-21-13(3)11-23-22(20(19)21)27-7-2/h1,8-12,19,22-24H,7H2,2-5H3. The number of hydrogen-bond acceptors (Lipinski definition) is 5. The highest BCUT2D eigenvalue weighted by Gasteiger charge is 2.38. The van der Waals surface area contributed by atoms with Gasteiger partial charge < -0.3 is 20.1 Å². The third-order valence-corrected chi connectivity index (χ3v) is 4.96.